The number of aromatic nitrogens is 2. The largest absolute Gasteiger partial charge is 0.338 e. The number of halogens is 1. The lowest BCUT2D eigenvalue weighted by Crippen LogP contribution is -2.24. The molecule has 0 spiro atoms. The summed E-state index contributed by atoms with van der Waals surface area (Å²) in [6.45, 7) is 1.94. The van der Waals surface area contributed by atoms with Crippen molar-refractivity contribution in [3.63, 3.8) is 0 Å². The molecule has 2 aromatic rings. The second-order valence-electron chi connectivity index (χ2n) is 4.24. The van der Waals surface area contributed by atoms with Crippen LogP contribution in [0.2, 0.25) is 5.15 Å². The monoisotopic (exact) mass is 260 g/mol. The van der Waals surface area contributed by atoms with Gasteiger partial charge in [0.25, 0.3) is 0 Å². The van der Waals surface area contributed by atoms with Gasteiger partial charge in [-0.25, -0.2) is 0 Å². The second kappa shape index (κ2) is 4.92. The van der Waals surface area contributed by atoms with Crippen LogP contribution < -0.4 is 10.6 Å². The van der Waals surface area contributed by atoms with E-state index in [0.29, 0.717) is 11.0 Å². The average molecular weight is 261 g/mol. The van der Waals surface area contributed by atoms with Crippen LogP contribution in [-0.2, 0) is 13.0 Å². The van der Waals surface area contributed by atoms with Crippen molar-refractivity contribution in [2.24, 2.45) is 0 Å². The number of anilines is 2. The molecular formula is C13H13ClN4. The molecule has 1 aliphatic rings. The lowest BCUT2D eigenvalue weighted by Gasteiger charge is -2.20. The number of rotatable bonds is 2. The molecule has 0 atom stereocenters. The quantitative estimate of drug-likeness (QED) is 0.871. The zero-order chi connectivity index (χ0) is 12.4. The summed E-state index contributed by atoms with van der Waals surface area (Å²) >= 11 is 5.72. The van der Waals surface area contributed by atoms with Gasteiger partial charge in [0.2, 0.25) is 0 Å². The highest BCUT2D eigenvalue weighted by Gasteiger charge is 2.12. The van der Waals surface area contributed by atoms with E-state index >= 15 is 0 Å². The number of fused-ring (bicyclic) bond motifs is 1. The third-order valence-electron chi connectivity index (χ3n) is 3.04. The Labute approximate surface area is 110 Å². The van der Waals surface area contributed by atoms with Crippen molar-refractivity contribution >= 4 is 23.1 Å². The van der Waals surface area contributed by atoms with Crippen LogP contribution in [0.1, 0.15) is 11.1 Å². The van der Waals surface area contributed by atoms with Crippen molar-refractivity contribution < 1.29 is 0 Å². The molecule has 1 aliphatic heterocycles. The Balaban J connectivity index is 1.90. The van der Waals surface area contributed by atoms with Crippen LogP contribution in [0.5, 0.6) is 0 Å². The van der Waals surface area contributed by atoms with Gasteiger partial charge in [-0.3, -0.25) is 0 Å². The van der Waals surface area contributed by atoms with Crippen molar-refractivity contribution in [1.82, 2.24) is 15.5 Å². The van der Waals surface area contributed by atoms with E-state index in [1.54, 1.807) is 6.07 Å². The summed E-state index contributed by atoms with van der Waals surface area (Å²) in [7, 11) is 0. The van der Waals surface area contributed by atoms with Crippen LogP contribution in [0.15, 0.2) is 30.3 Å². The summed E-state index contributed by atoms with van der Waals surface area (Å²) < 4.78 is 0. The number of benzene rings is 1. The SMILES string of the molecule is Clc1ccc(Nc2cccc3c2CCNC3)nn1. The summed E-state index contributed by atoms with van der Waals surface area (Å²) in [5.74, 6) is 0.714. The number of nitrogens with zero attached hydrogens (tertiary/aromatic N) is 2. The predicted octanol–water partition coefficient (Wildman–Crippen LogP) is 2.52. The van der Waals surface area contributed by atoms with E-state index in [-0.39, 0.29) is 0 Å². The minimum absolute atomic E-state index is 0.403. The van der Waals surface area contributed by atoms with Crippen molar-refractivity contribution in [2.45, 2.75) is 13.0 Å². The Morgan fingerprint density at radius 2 is 2.11 bits per heavy atom. The van der Waals surface area contributed by atoms with Crippen LogP contribution in [0, 0.1) is 0 Å². The third-order valence-corrected chi connectivity index (χ3v) is 3.24. The summed E-state index contributed by atoms with van der Waals surface area (Å²) in [4.78, 5) is 0. The molecule has 4 nitrogen and oxygen atoms in total. The van der Waals surface area contributed by atoms with Crippen molar-refractivity contribution in [2.75, 3.05) is 11.9 Å². The van der Waals surface area contributed by atoms with Gasteiger partial charge in [-0.15, -0.1) is 10.2 Å². The molecule has 0 bridgehead atoms. The van der Waals surface area contributed by atoms with Gasteiger partial charge in [-0.05, 0) is 42.3 Å². The molecule has 0 amide bonds. The van der Waals surface area contributed by atoms with Crippen LogP contribution in [0.4, 0.5) is 11.5 Å². The van der Waals surface area contributed by atoms with Gasteiger partial charge in [-0.1, -0.05) is 23.7 Å². The van der Waals surface area contributed by atoms with E-state index in [0.717, 1.165) is 25.2 Å². The van der Waals surface area contributed by atoms with E-state index in [4.69, 9.17) is 11.6 Å². The zero-order valence-electron chi connectivity index (χ0n) is 9.78. The summed E-state index contributed by atoms with van der Waals surface area (Å²) in [5.41, 5.74) is 3.80. The van der Waals surface area contributed by atoms with Crippen LogP contribution in [-0.4, -0.2) is 16.7 Å². The fourth-order valence-electron chi connectivity index (χ4n) is 2.17. The van der Waals surface area contributed by atoms with Gasteiger partial charge < -0.3 is 10.6 Å². The maximum atomic E-state index is 5.72. The molecule has 92 valence electrons. The van der Waals surface area contributed by atoms with Gasteiger partial charge in [0.1, 0.15) is 0 Å². The normalized spacial score (nSPS) is 14.1. The molecule has 0 saturated carbocycles. The first-order valence-electron chi connectivity index (χ1n) is 5.91. The minimum atomic E-state index is 0.403. The highest BCUT2D eigenvalue weighted by atomic mass is 35.5. The van der Waals surface area contributed by atoms with Crippen molar-refractivity contribution in [1.29, 1.82) is 0 Å². The molecule has 1 aromatic carbocycles. The molecule has 2 N–H and O–H groups in total. The average Bonchev–Trinajstić information content (AvgIpc) is 2.42. The number of hydrogen-bond acceptors (Lipinski definition) is 4. The second-order valence-corrected chi connectivity index (χ2v) is 4.62. The van der Waals surface area contributed by atoms with Crippen LogP contribution in [0.3, 0.4) is 0 Å². The first-order valence-corrected chi connectivity index (χ1v) is 6.28. The lowest BCUT2D eigenvalue weighted by molar-refractivity contribution is 0.645. The van der Waals surface area contributed by atoms with Crippen LogP contribution >= 0.6 is 11.6 Å². The number of hydrogen-bond donors (Lipinski definition) is 2. The molecular weight excluding hydrogens is 248 g/mol. The maximum Gasteiger partial charge on any atom is 0.153 e. The summed E-state index contributed by atoms with van der Waals surface area (Å²) in [6.07, 6.45) is 1.03. The van der Waals surface area contributed by atoms with Crippen LogP contribution in [0.25, 0.3) is 0 Å². The first kappa shape index (κ1) is 11.4. The van der Waals surface area contributed by atoms with Gasteiger partial charge in [0, 0.05) is 12.2 Å². The molecule has 0 aliphatic carbocycles. The Morgan fingerprint density at radius 3 is 2.94 bits per heavy atom. The van der Waals surface area contributed by atoms with E-state index in [2.05, 4.69) is 39.0 Å². The molecule has 3 rings (SSSR count). The molecule has 2 heterocycles. The Kier molecular flexibility index (Phi) is 3.13. The molecule has 0 fully saturated rings. The van der Waals surface area contributed by atoms with Crippen molar-refractivity contribution in [3.8, 4) is 0 Å². The van der Waals surface area contributed by atoms with E-state index in [1.807, 2.05) is 6.07 Å². The standard InChI is InChI=1S/C13H13ClN4/c14-12-4-5-13(18-17-12)16-11-3-1-2-9-8-15-7-6-10(9)11/h1-5,15H,6-8H2,(H,16,18). The molecule has 0 saturated heterocycles. The Hall–Kier alpha value is -1.65. The molecule has 5 heteroatoms. The fourth-order valence-corrected chi connectivity index (χ4v) is 2.27. The topological polar surface area (TPSA) is 49.8 Å². The minimum Gasteiger partial charge on any atom is -0.338 e. The summed E-state index contributed by atoms with van der Waals surface area (Å²) in [6, 6.07) is 9.84. The van der Waals surface area contributed by atoms with Gasteiger partial charge in [0.05, 0.1) is 0 Å². The van der Waals surface area contributed by atoms with E-state index in [9.17, 15) is 0 Å². The maximum absolute atomic E-state index is 5.72. The molecule has 18 heavy (non-hydrogen) atoms. The molecule has 0 unspecified atom stereocenters. The highest BCUT2D eigenvalue weighted by Crippen LogP contribution is 2.25. The predicted molar refractivity (Wildman–Crippen MR) is 72.2 cm³/mol. The Bertz CT molecular complexity index is 553. The molecule has 0 radical (unpaired) electrons. The van der Waals surface area contributed by atoms with Gasteiger partial charge in [0.15, 0.2) is 11.0 Å². The van der Waals surface area contributed by atoms with E-state index in [1.165, 1.54) is 11.1 Å². The highest BCUT2D eigenvalue weighted by molar-refractivity contribution is 6.29. The van der Waals surface area contributed by atoms with Gasteiger partial charge in [-0.2, -0.15) is 0 Å². The zero-order valence-corrected chi connectivity index (χ0v) is 10.5. The third kappa shape index (κ3) is 2.30. The Morgan fingerprint density at radius 1 is 1.17 bits per heavy atom. The first-order chi connectivity index (χ1) is 8.83. The summed E-state index contributed by atoms with van der Waals surface area (Å²) in [5, 5.41) is 14.9. The number of nitrogens with one attached hydrogen (secondary N) is 2. The van der Waals surface area contributed by atoms with Gasteiger partial charge >= 0.3 is 0 Å². The van der Waals surface area contributed by atoms with Crippen molar-refractivity contribution in [3.05, 3.63) is 46.6 Å². The molecule has 1 aromatic heterocycles. The van der Waals surface area contributed by atoms with E-state index < -0.39 is 0 Å². The fraction of sp³-hybridized carbons (Fsp3) is 0.231. The smallest absolute Gasteiger partial charge is 0.153 e. The lowest BCUT2D eigenvalue weighted by atomic mass is 9.99.